The molecule has 1 amide bonds. The fourth-order valence-electron chi connectivity index (χ4n) is 6.95. The van der Waals surface area contributed by atoms with Gasteiger partial charge in [0, 0.05) is 12.1 Å². The van der Waals surface area contributed by atoms with Gasteiger partial charge in [0.2, 0.25) is 0 Å². The number of nitrogens with zero attached hydrogens (tertiary/aromatic N) is 5. The molecule has 7 rings (SSSR count). The minimum atomic E-state index is -0.877. The summed E-state index contributed by atoms with van der Waals surface area (Å²) in [5, 5.41) is 25.9. The van der Waals surface area contributed by atoms with E-state index < -0.39 is 5.54 Å². The Bertz CT molecular complexity index is 2070. The largest absolute Gasteiger partial charge is 0.394 e. The van der Waals surface area contributed by atoms with Crippen molar-refractivity contribution in [3.8, 4) is 22.5 Å². The van der Waals surface area contributed by atoms with Gasteiger partial charge < -0.3 is 10.0 Å². The van der Waals surface area contributed by atoms with Gasteiger partial charge >= 0.3 is 0 Å². The second-order valence-corrected chi connectivity index (χ2v) is 13.8. The van der Waals surface area contributed by atoms with E-state index in [2.05, 4.69) is 114 Å². The van der Waals surface area contributed by atoms with Crippen LogP contribution in [0.25, 0.3) is 22.5 Å². The Kier molecular flexibility index (Phi) is 9.97. The van der Waals surface area contributed by atoms with Crippen molar-refractivity contribution < 1.29 is 9.90 Å². The fraction of sp³-hybridized carbons (Fsp3) is 0.163. The van der Waals surface area contributed by atoms with Crippen molar-refractivity contribution in [3.63, 3.8) is 0 Å². The highest BCUT2D eigenvalue weighted by molar-refractivity contribution is 7.12. The molecule has 0 bridgehead atoms. The maximum atomic E-state index is 13.6. The van der Waals surface area contributed by atoms with Gasteiger partial charge in [0.1, 0.15) is 5.54 Å². The Morgan fingerprint density at radius 3 is 1.78 bits per heavy atom. The number of carbonyl (C=O) groups excluding carboxylic acids is 1. The molecular weight excluding hydrogens is 651 g/mol. The SMILES string of the molecule is CC(C)[C@@H](CO)N(Cc1ccc(-c2ccccc2-c2nnnn2C(c2ccccc2)(c2ccccc2)c2ccccc2)cc1)C(=O)c1cccs1. The lowest BCUT2D eigenvalue weighted by atomic mass is 9.77. The molecule has 0 saturated heterocycles. The zero-order chi connectivity index (χ0) is 35.2. The van der Waals surface area contributed by atoms with E-state index in [0.717, 1.165) is 38.9 Å². The van der Waals surface area contributed by atoms with Crippen molar-refractivity contribution in [3.05, 3.63) is 184 Å². The van der Waals surface area contributed by atoms with E-state index in [9.17, 15) is 9.90 Å². The number of hydrogen-bond acceptors (Lipinski definition) is 6. The molecule has 0 radical (unpaired) electrons. The van der Waals surface area contributed by atoms with Crippen molar-refractivity contribution in [1.82, 2.24) is 25.1 Å². The molecule has 51 heavy (non-hydrogen) atoms. The van der Waals surface area contributed by atoms with Crippen LogP contribution in [-0.4, -0.2) is 48.8 Å². The van der Waals surface area contributed by atoms with Gasteiger partial charge in [-0.25, -0.2) is 4.68 Å². The summed E-state index contributed by atoms with van der Waals surface area (Å²) in [5.41, 5.74) is 6.04. The van der Waals surface area contributed by atoms with Crippen LogP contribution in [0.15, 0.2) is 157 Å². The van der Waals surface area contributed by atoms with Crippen LogP contribution >= 0.6 is 11.3 Å². The van der Waals surface area contributed by atoms with E-state index in [-0.39, 0.29) is 24.5 Å². The zero-order valence-corrected chi connectivity index (χ0v) is 29.4. The molecule has 7 nitrogen and oxygen atoms in total. The number of amides is 1. The number of carbonyl (C=O) groups is 1. The smallest absolute Gasteiger partial charge is 0.264 e. The van der Waals surface area contributed by atoms with Gasteiger partial charge in [-0.05, 0) is 61.2 Å². The lowest BCUT2D eigenvalue weighted by Crippen LogP contribution is -2.44. The van der Waals surface area contributed by atoms with Crippen LogP contribution in [0.1, 0.15) is 45.8 Å². The van der Waals surface area contributed by atoms with Gasteiger partial charge in [-0.1, -0.05) is 159 Å². The van der Waals surface area contributed by atoms with Gasteiger partial charge in [0.05, 0.1) is 17.5 Å². The van der Waals surface area contributed by atoms with Gasteiger partial charge in [0.15, 0.2) is 5.82 Å². The van der Waals surface area contributed by atoms with Gasteiger partial charge in [-0.3, -0.25) is 4.79 Å². The Hall–Kier alpha value is -5.70. The van der Waals surface area contributed by atoms with Crippen molar-refractivity contribution in [2.75, 3.05) is 6.61 Å². The van der Waals surface area contributed by atoms with E-state index in [1.54, 1.807) is 4.90 Å². The first-order chi connectivity index (χ1) is 25.0. The molecule has 7 aromatic rings. The Labute approximate surface area is 302 Å². The third kappa shape index (κ3) is 6.52. The molecule has 254 valence electrons. The molecule has 1 N–H and O–H groups in total. The topological polar surface area (TPSA) is 84.1 Å². The quantitative estimate of drug-likeness (QED) is 0.130. The summed E-state index contributed by atoms with van der Waals surface area (Å²) in [6, 6.07) is 51.0. The highest BCUT2D eigenvalue weighted by Crippen LogP contribution is 2.43. The number of aliphatic hydroxyl groups excluding tert-OH is 1. The molecule has 0 saturated carbocycles. The molecule has 5 aromatic carbocycles. The Morgan fingerprint density at radius 2 is 1.27 bits per heavy atom. The maximum absolute atomic E-state index is 13.6. The number of aromatic nitrogens is 4. The first kappa shape index (κ1) is 33.8. The van der Waals surface area contributed by atoms with Crippen LogP contribution in [-0.2, 0) is 12.1 Å². The number of thiophene rings is 1. The van der Waals surface area contributed by atoms with Crippen molar-refractivity contribution in [2.45, 2.75) is 32.0 Å². The second kappa shape index (κ2) is 15.0. The summed E-state index contributed by atoms with van der Waals surface area (Å²) in [6.07, 6.45) is 0. The third-order valence-electron chi connectivity index (χ3n) is 9.50. The first-order valence-corrected chi connectivity index (χ1v) is 18.0. The molecule has 0 aliphatic rings. The Balaban J connectivity index is 1.32. The van der Waals surface area contributed by atoms with Crippen LogP contribution in [0.3, 0.4) is 0 Å². The van der Waals surface area contributed by atoms with E-state index in [1.165, 1.54) is 11.3 Å². The second-order valence-electron chi connectivity index (χ2n) is 12.9. The van der Waals surface area contributed by atoms with Gasteiger partial charge in [-0.2, -0.15) is 0 Å². The third-order valence-corrected chi connectivity index (χ3v) is 10.4. The molecule has 2 heterocycles. The average molecular weight is 690 g/mol. The average Bonchev–Trinajstić information content (AvgIpc) is 3.91. The fourth-order valence-corrected chi connectivity index (χ4v) is 7.63. The minimum absolute atomic E-state index is 0.0715. The summed E-state index contributed by atoms with van der Waals surface area (Å²) in [4.78, 5) is 16.1. The lowest BCUT2D eigenvalue weighted by molar-refractivity contribution is 0.0487. The highest BCUT2D eigenvalue weighted by Gasteiger charge is 2.42. The number of aliphatic hydroxyl groups is 1. The van der Waals surface area contributed by atoms with E-state index in [1.807, 2.05) is 66.4 Å². The van der Waals surface area contributed by atoms with Crippen LogP contribution in [0.2, 0.25) is 0 Å². The Morgan fingerprint density at radius 1 is 0.725 bits per heavy atom. The summed E-state index contributed by atoms with van der Waals surface area (Å²) in [5.74, 6) is 0.644. The summed E-state index contributed by atoms with van der Waals surface area (Å²) in [7, 11) is 0. The van der Waals surface area contributed by atoms with Crippen molar-refractivity contribution in [1.29, 1.82) is 0 Å². The summed E-state index contributed by atoms with van der Waals surface area (Å²) in [6.45, 7) is 4.34. The number of rotatable bonds is 12. The zero-order valence-electron chi connectivity index (χ0n) is 28.6. The molecule has 0 fully saturated rings. The van der Waals surface area contributed by atoms with Crippen LogP contribution < -0.4 is 0 Å². The predicted molar refractivity (Wildman–Crippen MR) is 203 cm³/mol. The number of benzene rings is 5. The van der Waals surface area contributed by atoms with E-state index in [4.69, 9.17) is 10.3 Å². The van der Waals surface area contributed by atoms with Crippen LogP contribution in [0, 0.1) is 5.92 Å². The highest BCUT2D eigenvalue weighted by atomic mass is 32.1. The van der Waals surface area contributed by atoms with Gasteiger partial charge in [-0.15, -0.1) is 16.4 Å². The van der Waals surface area contributed by atoms with Crippen molar-refractivity contribution in [2.24, 2.45) is 5.92 Å². The molecule has 8 heteroatoms. The summed E-state index contributed by atoms with van der Waals surface area (Å²) < 4.78 is 1.95. The van der Waals surface area contributed by atoms with E-state index >= 15 is 0 Å². The normalized spacial score (nSPS) is 12.2. The molecule has 0 aliphatic heterocycles. The van der Waals surface area contributed by atoms with Gasteiger partial charge in [0.25, 0.3) is 5.91 Å². The first-order valence-electron chi connectivity index (χ1n) is 17.1. The molecule has 0 spiro atoms. The van der Waals surface area contributed by atoms with Crippen LogP contribution in [0.5, 0.6) is 0 Å². The predicted octanol–water partition coefficient (Wildman–Crippen LogP) is 8.57. The molecule has 0 aliphatic carbocycles. The molecule has 1 atom stereocenters. The van der Waals surface area contributed by atoms with Crippen molar-refractivity contribution >= 4 is 17.2 Å². The standard InChI is InChI=1S/C43H39N5O2S/c1-31(2)39(30-49)47(42(50)40-23-14-28-51-40)29-32-24-26-33(27-25-32)37-21-12-13-22-38(37)41-44-45-46-48(41)43(34-15-6-3-7-16-34,35-17-8-4-9-18-35)36-19-10-5-11-20-36/h3-28,31,39,49H,29-30H2,1-2H3/t39-/m1/s1. The van der Waals surface area contributed by atoms with E-state index in [0.29, 0.717) is 17.2 Å². The minimum Gasteiger partial charge on any atom is -0.394 e. The summed E-state index contributed by atoms with van der Waals surface area (Å²) >= 11 is 1.42. The maximum Gasteiger partial charge on any atom is 0.264 e. The van der Waals surface area contributed by atoms with Crippen LogP contribution in [0.4, 0.5) is 0 Å². The molecular formula is C43H39N5O2S. The number of hydrogen-bond donors (Lipinski definition) is 1. The number of tetrazole rings is 1. The molecule has 0 unspecified atom stereocenters. The lowest BCUT2D eigenvalue weighted by Gasteiger charge is -2.36. The monoisotopic (exact) mass is 689 g/mol. The molecule has 2 aromatic heterocycles.